The molecular weight excluding hydrogens is 160 g/mol. The van der Waals surface area contributed by atoms with Gasteiger partial charge in [-0.05, 0) is 30.5 Å². The van der Waals surface area contributed by atoms with Crippen molar-refractivity contribution in [3.05, 3.63) is 29.6 Å². The van der Waals surface area contributed by atoms with Gasteiger partial charge in [0, 0.05) is 11.9 Å². The molecule has 0 amide bonds. The fourth-order valence-electron chi connectivity index (χ4n) is 1.81. The average molecular weight is 174 g/mol. The first-order valence-corrected chi connectivity index (χ1v) is 4.81. The summed E-state index contributed by atoms with van der Waals surface area (Å²) in [5.41, 5.74) is 5.01. The molecule has 0 spiro atoms. The number of H-pyrrole nitrogens is 1. The monoisotopic (exact) mass is 174 g/mol. The molecule has 0 unspecified atom stereocenters. The van der Waals surface area contributed by atoms with Gasteiger partial charge in [-0.3, -0.25) is 4.98 Å². The largest absolute Gasteiger partial charge is 0.357 e. The van der Waals surface area contributed by atoms with Gasteiger partial charge in [0.05, 0.1) is 11.0 Å². The highest BCUT2D eigenvalue weighted by molar-refractivity contribution is 5.80. The highest BCUT2D eigenvalue weighted by Crippen LogP contribution is 2.20. The van der Waals surface area contributed by atoms with Gasteiger partial charge in [-0.1, -0.05) is 13.8 Å². The molecule has 0 atom stereocenters. The van der Waals surface area contributed by atoms with Crippen LogP contribution in [0.15, 0.2) is 18.3 Å². The Balaban J connectivity index is 2.73. The van der Waals surface area contributed by atoms with E-state index in [1.54, 1.807) is 0 Å². The van der Waals surface area contributed by atoms with E-state index >= 15 is 0 Å². The van der Waals surface area contributed by atoms with Gasteiger partial charge in [0.25, 0.3) is 0 Å². The quantitative estimate of drug-likeness (QED) is 0.745. The van der Waals surface area contributed by atoms with Gasteiger partial charge in [-0.2, -0.15) is 0 Å². The van der Waals surface area contributed by atoms with Crippen LogP contribution in [-0.2, 0) is 12.8 Å². The molecule has 68 valence electrons. The van der Waals surface area contributed by atoms with E-state index in [4.69, 9.17) is 0 Å². The minimum atomic E-state index is 1.06. The first-order chi connectivity index (χ1) is 6.36. The van der Waals surface area contributed by atoms with Crippen molar-refractivity contribution < 1.29 is 0 Å². The fourth-order valence-corrected chi connectivity index (χ4v) is 1.81. The van der Waals surface area contributed by atoms with Gasteiger partial charge in [0.2, 0.25) is 0 Å². The molecule has 0 saturated heterocycles. The number of fused-ring (bicyclic) bond motifs is 1. The first kappa shape index (κ1) is 8.30. The van der Waals surface area contributed by atoms with Crippen LogP contribution >= 0.6 is 0 Å². The van der Waals surface area contributed by atoms with E-state index in [9.17, 15) is 0 Å². The highest BCUT2D eigenvalue weighted by atomic mass is 14.8. The molecule has 0 aliphatic heterocycles. The first-order valence-electron chi connectivity index (χ1n) is 4.81. The summed E-state index contributed by atoms with van der Waals surface area (Å²) in [5, 5.41) is 0. The fraction of sp³-hybridized carbons (Fsp3) is 0.364. The number of nitrogens with one attached hydrogen (secondary N) is 1. The molecule has 0 aliphatic rings. The topological polar surface area (TPSA) is 28.7 Å². The summed E-state index contributed by atoms with van der Waals surface area (Å²) in [4.78, 5) is 7.79. The highest BCUT2D eigenvalue weighted by Gasteiger charge is 2.07. The zero-order chi connectivity index (χ0) is 9.26. The number of hydrogen-bond acceptors (Lipinski definition) is 1. The standard InChI is InChI=1S/C11H14N2/c1-3-8-9(4-2)13-10-6-5-7-12-11(8)10/h5-7,13H,3-4H2,1-2H3. The Bertz CT molecular complexity index is 415. The van der Waals surface area contributed by atoms with Crippen LogP contribution in [0.5, 0.6) is 0 Å². The van der Waals surface area contributed by atoms with E-state index < -0.39 is 0 Å². The van der Waals surface area contributed by atoms with Crippen LogP contribution in [0.1, 0.15) is 25.1 Å². The summed E-state index contributed by atoms with van der Waals surface area (Å²) in [7, 11) is 0. The van der Waals surface area contributed by atoms with Gasteiger partial charge in [-0.25, -0.2) is 0 Å². The number of nitrogens with zero attached hydrogens (tertiary/aromatic N) is 1. The van der Waals surface area contributed by atoms with Crippen molar-refractivity contribution in [3.8, 4) is 0 Å². The van der Waals surface area contributed by atoms with Crippen molar-refractivity contribution in [1.82, 2.24) is 9.97 Å². The zero-order valence-corrected chi connectivity index (χ0v) is 8.09. The van der Waals surface area contributed by atoms with Crippen molar-refractivity contribution in [2.75, 3.05) is 0 Å². The summed E-state index contributed by atoms with van der Waals surface area (Å²) in [6.07, 6.45) is 3.97. The number of aromatic amines is 1. The Morgan fingerprint density at radius 1 is 1.31 bits per heavy atom. The Morgan fingerprint density at radius 2 is 2.15 bits per heavy atom. The zero-order valence-electron chi connectivity index (χ0n) is 8.09. The van der Waals surface area contributed by atoms with Gasteiger partial charge >= 0.3 is 0 Å². The third kappa shape index (κ3) is 1.22. The third-order valence-corrected chi connectivity index (χ3v) is 2.45. The lowest BCUT2D eigenvalue weighted by Crippen LogP contribution is -1.87. The molecule has 0 aliphatic carbocycles. The Labute approximate surface area is 78.0 Å². The smallest absolute Gasteiger partial charge is 0.0913 e. The van der Waals surface area contributed by atoms with Crippen LogP contribution in [0.2, 0.25) is 0 Å². The maximum atomic E-state index is 4.39. The molecule has 0 fully saturated rings. The summed E-state index contributed by atoms with van der Waals surface area (Å²) in [6, 6.07) is 4.05. The van der Waals surface area contributed by atoms with E-state index in [1.165, 1.54) is 11.3 Å². The molecule has 1 N–H and O–H groups in total. The number of aromatic nitrogens is 2. The van der Waals surface area contributed by atoms with E-state index in [1.807, 2.05) is 12.3 Å². The van der Waals surface area contributed by atoms with Crippen LogP contribution in [0.25, 0.3) is 11.0 Å². The molecule has 0 radical (unpaired) electrons. The van der Waals surface area contributed by atoms with Gasteiger partial charge < -0.3 is 4.98 Å². The van der Waals surface area contributed by atoms with Gasteiger partial charge in [0.1, 0.15) is 0 Å². The molecule has 13 heavy (non-hydrogen) atoms. The molecule has 0 saturated carbocycles. The predicted molar refractivity (Wildman–Crippen MR) is 54.8 cm³/mol. The van der Waals surface area contributed by atoms with Gasteiger partial charge in [0.15, 0.2) is 0 Å². The van der Waals surface area contributed by atoms with Crippen LogP contribution < -0.4 is 0 Å². The third-order valence-electron chi connectivity index (χ3n) is 2.45. The van der Waals surface area contributed by atoms with Crippen LogP contribution in [0.3, 0.4) is 0 Å². The summed E-state index contributed by atoms with van der Waals surface area (Å²) >= 11 is 0. The molecule has 0 bridgehead atoms. The van der Waals surface area contributed by atoms with Crippen molar-refractivity contribution in [2.24, 2.45) is 0 Å². The number of rotatable bonds is 2. The molecule has 2 heteroatoms. The SMILES string of the molecule is CCc1[nH]c2cccnc2c1CC. The normalized spacial score (nSPS) is 10.9. The van der Waals surface area contributed by atoms with Crippen molar-refractivity contribution in [1.29, 1.82) is 0 Å². The van der Waals surface area contributed by atoms with E-state index in [2.05, 4.69) is 29.9 Å². The molecule has 2 heterocycles. The lowest BCUT2D eigenvalue weighted by atomic mass is 10.1. The van der Waals surface area contributed by atoms with E-state index in [0.29, 0.717) is 0 Å². The molecule has 2 aromatic heterocycles. The second-order valence-electron chi connectivity index (χ2n) is 3.19. The molecule has 2 nitrogen and oxygen atoms in total. The predicted octanol–water partition coefficient (Wildman–Crippen LogP) is 2.69. The lowest BCUT2D eigenvalue weighted by molar-refractivity contribution is 1.01. The lowest BCUT2D eigenvalue weighted by Gasteiger charge is -1.95. The average Bonchev–Trinajstić information content (AvgIpc) is 2.55. The van der Waals surface area contributed by atoms with Crippen LogP contribution in [0, 0.1) is 0 Å². The maximum Gasteiger partial charge on any atom is 0.0913 e. The minimum Gasteiger partial charge on any atom is -0.357 e. The Hall–Kier alpha value is -1.31. The number of pyridine rings is 1. The Morgan fingerprint density at radius 3 is 2.85 bits per heavy atom. The number of hydrogen-bond donors (Lipinski definition) is 1. The second kappa shape index (κ2) is 3.21. The van der Waals surface area contributed by atoms with E-state index in [0.717, 1.165) is 23.9 Å². The van der Waals surface area contributed by atoms with Crippen molar-refractivity contribution >= 4 is 11.0 Å². The van der Waals surface area contributed by atoms with Crippen molar-refractivity contribution in [2.45, 2.75) is 26.7 Å². The van der Waals surface area contributed by atoms with E-state index in [-0.39, 0.29) is 0 Å². The van der Waals surface area contributed by atoms with Crippen LogP contribution in [0.4, 0.5) is 0 Å². The summed E-state index contributed by atoms with van der Waals surface area (Å²) in [6.45, 7) is 4.35. The Kier molecular flexibility index (Phi) is 2.05. The van der Waals surface area contributed by atoms with Gasteiger partial charge in [-0.15, -0.1) is 0 Å². The summed E-state index contributed by atoms with van der Waals surface area (Å²) in [5.74, 6) is 0. The summed E-state index contributed by atoms with van der Waals surface area (Å²) < 4.78 is 0. The second-order valence-corrected chi connectivity index (χ2v) is 3.19. The van der Waals surface area contributed by atoms with Crippen molar-refractivity contribution in [3.63, 3.8) is 0 Å². The molecule has 2 rings (SSSR count). The molecule has 2 aromatic rings. The molecular formula is C11H14N2. The molecule has 0 aromatic carbocycles. The van der Waals surface area contributed by atoms with Crippen LogP contribution in [-0.4, -0.2) is 9.97 Å². The number of aryl methyl sites for hydroxylation is 2. The minimum absolute atomic E-state index is 1.06. The maximum absolute atomic E-state index is 4.39.